The molecule has 0 amide bonds. The quantitative estimate of drug-likeness (QED) is 0.460. The summed E-state index contributed by atoms with van der Waals surface area (Å²) in [4.78, 5) is 10.4. The van der Waals surface area contributed by atoms with E-state index in [-0.39, 0.29) is 24.4 Å². The highest BCUT2D eigenvalue weighted by Gasteiger charge is 2.45. The van der Waals surface area contributed by atoms with Gasteiger partial charge in [-0.15, -0.1) is 0 Å². The molecule has 0 unspecified atom stereocenters. The van der Waals surface area contributed by atoms with Crippen LogP contribution in [0.2, 0.25) is 0 Å². The smallest absolute Gasteiger partial charge is 0.267 e. The van der Waals surface area contributed by atoms with Gasteiger partial charge in [0, 0.05) is 11.3 Å². The maximum atomic E-state index is 10.7. The van der Waals surface area contributed by atoms with Gasteiger partial charge in [0.2, 0.25) is 0 Å². The van der Waals surface area contributed by atoms with E-state index < -0.39 is 5.54 Å². The highest BCUT2D eigenvalue weighted by Crippen LogP contribution is 2.22. The Bertz CT molecular complexity index is 174. The molecule has 0 aromatic rings. The molecule has 12 heavy (non-hydrogen) atoms. The molecule has 1 aliphatic rings. The minimum absolute atomic E-state index is 0.150. The van der Waals surface area contributed by atoms with Crippen LogP contribution in [0, 0.1) is 10.1 Å². The number of hydrogen-bond donors (Lipinski definition) is 0. The van der Waals surface area contributed by atoms with Crippen molar-refractivity contribution in [3.63, 3.8) is 0 Å². The molecule has 5 nitrogen and oxygen atoms in total. The molecule has 0 aromatic heterocycles. The Morgan fingerprint density at radius 2 is 2.08 bits per heavy atom. The lowest BCUT2D eigenvalue weighted by molar-refractivity contribution is -0.591. The fourth-order valence-corrected chi connectivity index (χ4v) is 1.07. The van der Waals surface area contributed by atoms with Crippen LogP contribution in [0.15, 0.2) is 0 Å². The van der Waals surface area contributed by atoms with Crippen LogP contribution in [-0.4, -0.2) is 30.0 Å². The van der Waals surface area contributed by atoms with Gasteiger partial charge in [0.1, 0.15) is 13.2 Å². The molecule has 0 aliphatic carbocycles. The van der Waals surface area contributed by atoms with Gasteiger partial charge in [-0.25, -0.2) is 0 Å². The Morgan fingerprint density at radius 1 is 1.58 bits per heavy atom. The molecular formula is C7H13NO4. The lowest BCUT2D eigenvalue weighted by Gasteiger charge is -2.31. The Hall–Kier alpha value is -0.680. The van der Waals surface area contributed by atoms with Crippen molar-refractivity contribution in [2.45, 2.75) is 32.1 Å². The molecular weight excluding hydrogens is 162 g/mol. The first-order valence-corrected chi connectivity index (χ1v) is 3.98. The molecule has 0 radical (unpaired) electrons. The lowest BCUT2D eigenvalue weighted by atomic mass is 9.99. The van der Waals surface area contributed by atoms with E-state index in [9.17, 15) is 10.1 Å². The monoisotopic (exact) mass is 175 g/mol. The fraction of sp³-hybridized carbons (Fsp3) is 1.00. The zero-order valence-electron chi connectivity index (χ0n) is 7.28. The number of nitro groups is 1. The van der Waals surface area contributed by atoms with Gasteiger partial charge < -0.3 is 9.47 Å². The second kappa shape index (κ2) is 3.37. The molecule has 1 fully saturated rings. The predicted molar refractivity (Wildman–Crippen MR) is 41.4 cm³/mol. The van der Waals surface area contributed by atoms with Crippen molar-refractivity contribution in [2.24, 2.45) is 0 Å². The van der Waals surface area contributed by atoms with Gasteiger partial charge in [0.25, 0.3) is 5.54 Å². The lowest BCUT2D eigenvalue weighted by Crippen LogP contribution is -2.52. The minimum Gasteiger partial charge on any atom is -0.345 e. The minimum atomic E-state index is -1.02. The first-order chi connectivity index (χ1) is 5.60. The summed E-state index contributed by atoms with van der Waals surface area (Å²) in [5.41, 5.74) is -1.02. The average molecular weight is 175 g/mol. The topological polar surface area (TPSA) is 61.6 Å². The zero-order valence-corrected chi connectivity index (χ0v) is 7.28. The SMILES string of the molecule is CCC1([N+](=O)[O-])COC(C)OC1. The van der Waals surface area contributed by atoms with Gasteiger partial charge >= 0.3 is 0 Å². The normalized spacial score (nSPS) is 36.3. The van der Waals surface area contributed by atoms with Crippen molar-refractivity contribution in [1.29, 1.82) is 0 Å². The fourth-order valence-electron chi connectivity index (χ4n) is 1.07. The maximum absolute atomic E-state index is 10.7. The molecule has 0 bridgehead atoms. The van der Waals surface area contributed by atoms with Gasteiger partial charge in [0.05, 0.1) is 0 Å². The number of ether oxygens (including phenoxy) is 2. The molecule has 0 saturated carbocycles. The molecule has 0 aromatic carbocycles. The third-order valence-electron chi connectivity index (χ3n) is 2.22. The maximum Gasteiger partial charge on any atom is 0.267 e. The first-order valence-electron chi connectivity index (χ1n) is 3.98. The van der Waals surface area contributed by atoms with E-state index in [1.54, 1.807) is 13.8 Å². The van der Waals surface area contributed by atoms with Crippen molar-refractivity contribution < 1.29 is 14.4 Å². The second-order valence-electron chi connectivity index (χ2n) is 3.02. The summed E-state index contributed by atoms with van der Waals surface area (Å²) in [7, 11) is 0. The van der Waals surface area contributed by atoms with E-state index in [4.69, 9.17) is 9.47 Å². The average Bonchev–Trinajstić information content (AvgIpc) is 2.06. The van der Waals surface area contributed by atoms with Crippen molar-refractivity contribution in [2.75, 3.05) is 13.2 Å². The Labute approximate surface area is 70.8 Å². The van der Waals surface area contributed by atoms with Crippen molar-refractivity contribution in [3.8, 4) is 0 Å². The van der Waals surface area contributed by atoms with E-state index in [1.165, 1.54) is 0 Å². The van der Waals surface area contributed by atoms with Crippen LogP contribution in [-0.2, 0) is 9.47 Å². The Kier molecular flexibility index (Phi) is 2.64. The van der Waals surface area contributed by atoms with Crippen LogP contribution in [0.1, 0.15) is 20.3 Å². The van der Waals surface area contributed by atoms with Gasteiger partial charge in [-0.1, -0.05) is 6.92 Å². The molecule has 5 heteroatoms. The number of nitrogens with zero attached hydrogens (tertiary/aromatic N) is 1. The van der Waals surface area contributed by atoms with Crippen molar-refractivity contribution >= 4 is 0 Å². The largest absolute Gasteiger partial charge is 0.345 e. The van der Waals surface area contributed by atoms with Crippen molar-refractivity contribution in [1.82, 2.24) is 0 Å². The van der Waals surface area contributed by atoms with E-state index in [1.807, 2.05) is 0 Å². The van der Waals surface area contributed by atoms with Gasteiger partial charge in [-0.2, -0.15) is 0 Å². The Morgan fingerprint density at radius 3 is 2.42 bits per heavy atom. The summed E-state index contributed by atoms with van der Waals surface area (Å²) in [6.07, 6.45) is 0.122. The summed E-state index contributed by atoms with van der Waals surface area (Å²) in [6.45, 7) is 3.81. The van der Waals surface area contributed by atoms with E-state index in [0.717, 1.165) is 0 Å². The summed E-state index contributed by atoms with van der Waals surface area (Å²) in [6, 6.07) is 0. The molecule has 1 rings (SSSR count). The van der Waals surface area contributed by atoms with Crippen LogP contribution in [0.3, 0.4) is 0 Å². The van der Waals surface area contributed by atoms with Crippen LogP contribution >= 0.6 is 0 Å². The summed E-state index contributed by atoms with van der Waals surface area (Å²) < 4.78 is 10.2. The van der Waals surface area contributed by atoms with E-state index in [2.05, 4.69) is 0 Å². The van der Waals surface area contributed by atoms with E-state index >= 15 is 0 Å². The standard InChI is InChI=1S/C7H13NO4/c1-3-7(8(9)10)4-11-6(2)12-5-7/h6H,3-5H2,1-2H3. The van der Waals surface area contributed by atoms with Gasteiger partial charge in [-0.3, -0.25) is 10.1 Å². The second-order valence-corrected chi connectivity index (χ2v) is 3.02. The first kappa shape index (κ1) is 9.41. The highest BCUT2D eigenvalue weighted by molar-refractivity contribution is 4.79. The van der Waals surface area contributed by atoms with Crippen LogP contribution in [0.25, 0.3) is 0 Å². The third kappa shape index (κ3) is 1.56. The van der Waals surface area contributed by atoms with E-state index in [0.29, 0.717) is 6.42 Å². The molecule has 0 spiro atoms. The number of rotatable bonds is 2. The highest BCUT2D eigenvalue weighted by atomic mass is 16.7. The van der Waals surface area contributed by atoms with Gasteiger partial charge in [-0.05, 0) is 6.92 Å². The molecule has 70 valence electrons. The van der Waals surface area contributed by atoms with Crippen LogP contribution < -0.4 is 0 Å². The molecule has 1 aliphatic heterocycles. The summed E-state index contributed by atoms with van der Waals surface area (Å²) in [5, 5.41) is 10.7. The summed E-state index contributed by atoms with van der Waals surface area (Å²) in [5.74, 6) is 0. The van der Waals surface area contributed by atoms with Crippen molar-refractivity contribution in [3.05, 3.63) is 10.1 Å². The number of hydrogen-bond acceptors (Lipinski definition) is 4. The molecule has 0 atom stereocenters. The predicted octanol–water partition coefficient (Wildman–Crippen LogP) is 0.805. The zero-order chi connectivity index (χ0) is 9.19. The Balaban J connectivity index is 2.63. The van der Waals surface area contributed by atoms with Crippen LogP contribution in [0.4, 0.5) is 0 Å². The third-order valence-corrected chi connectivity index (χ3v) is 2.22. The molecule has 0 N–H and O–H groups in total. The summed E-state index contributed by atoms with van der Waals surface area (Å²) >= 11 is 0. The molecule has 1 saturated heterocycles. The molecule has 1 heterocycles. The van der Waals surface area contributed by atoms with Crippen LogP contribution in [0.5, 0.6) is 0 Å². The van der Waals surface area contributed by atoms with Gasteiger partial charge in [0.15, 0.2) is 6.29 Å².